The van der Waals surface area contributed by atoms with E-state index < -0.39 is 7.26 Å². The number of aromatic nitrogens is 1. The molecule has 0 radical (unpaired) electrons. The van der Waals surface area contributed by atoms with Crippen molar-refractivity contribution in [1.82, 2.24) is 4.98 Å². The quantitative estimate of drug-likeness (QED) is 0.241. The molecule has 0 amide bonds. The van der Waals surface area contributed by atoms with Crippen LogP contribution in [0.2, 0.25) is 0 Å². The van der Waals surface area contributed by atoms with Gasteiger partial charge in [0, 0.05) is 4.88 Å². The highest BCUT2D eigenvalue weighted by molar-refractivity contribution is 7.95. The Morgan fingerprint density at radius 2 is 1.33 bits per heavy atom. The van der Waals surface area contributed by atoms with Crippen LogP contribution >= 0.6 is 18.6 Å². The van der Waals surface area contributed by atoms with Crippen molar-refractivity contribution in [3.63, 3.8) is 0 Å². The Hall–Kier alpha value is -2.33. The van der Waals surface area contributed by atoms with Crippen LogP contribution in [-0.4, -0.2) is 23.7 Å². The Kier molecular flexibility index (Phi) is 9.37. The van der Waals surface area contributed by atoms with Crippen LogP contribution in [0.25, 0.3) is 0 Å². The maximum absolute atomic E-state index is 12.5. The molecule has 0 atom stereocenters. The predicted octanol–water partition coefficient (Wildman–Crippen LogP) is 1.93. The molecule has 33 heavy (non-hydrogen) atoms. The number of esters is 1. The summed E-state index contributed by atoms with van der Waals surface area (Å²) in [5.41, 5.74) is 2.83. The molecule has 170 valence electrons. The van der Waals surface area contributed by atoms with Crippen LogP contribution in [0.1, 0.15) is 17.0 Å². The molecule has 0 aliphatic heterocycles. The summed E-state index contributed by atoms with van der Waals surface area (Å²) in [5, 5.41) is 3.90. The number of hydrogen-bond acceptors (Lipinski definition) is 4. The van der Waals surface area contributed by atoms with Crippen molar-refractivity contribution in [3.8, 4) is 0 Å². The number of benzene rings is 3. The van der Waals surface area contributed by atoms with Gasteiger partial charge in [0.05, 0.1) is 17.6 Å². The van der Waals surface area contributed by atoms with Gasteiger partial charge in [-0.2, -0.15) is 0 Å². The lowest BCUT2D eigenvalue weighted by Gasteiger charge is -2.27. The summed E-state index contributed by atoms with van der Waals surface area (Å²) in [4.78, 5) is 17.9. The zero-order valence-corrected chi connectivity index (χ0v) is 21.9. The lowest BCUT2D eigenvalue weighted by Crippen LogP contribution is -3.00. The van der Waals surface area contributed by atoms with E-state index in [0.29, 0.717) is 19.4 Å². The Morgan fingerprint density at radius 3 is 1.76 bits per heavy atom. The number of carbonyl (C=O) groups excluding carboxylic acids is 1. The van der Waals surface area contributed by atoms with Crippen LogP contribution in [0.5, 0.6) is 0 Å². The second-order valence-corrected chi connectivity index (χ2v) is 12.2. The maximum Gasteiger partial charge on any atom is 0.306 e. The van der Waals surface area contributed by atoms with E-state index in [9.17, 15) is 4.79 Å². The van der Waals surface area contributed by atoms with Crippen molar-refractivity contribution in [1.29, 1.82) is 0 Å². The van der Waals surface area contributed by atoms with Crippen molar-refractivity contribution in [2.45, 2.75) is 19.8 Å². The molecule has 4 rings (SSSR count). The summed E-state index contributed by atoms with van der Waals surface area (Å²) in [5.74, 6) is -0.148. The molecule has 4 aromatic rings. The fraction of sp³-hybridized carbons (Fsp3) is 0.185. The first kappa shape index (κ1) is 25.3. The molecule has 0 spiro atoms. The van der Waals surface area contributed by atoms with Gasteiger partial charge in [-0.3, -0.25) is 4.79 Å². The average molecular weight is 540 g/mol. The number of ether oxygens (including phenoxy) is 1. The average Bonchev–Trinajstić information content (AvgIpc) is 3.27. The fourth-order valence-corrected chi connectivity index (χ4v) is 8.89. The van der Waals surface area contributed by atoms with Gasteiger partial charge < -0.3 is 21.7 Å². The van der Waals surface area contributed by atoms with Crippen LogP contribution in [0.3, 0.4) is 0 Å². The van der Waals surface area contributed by atoms with Gasteiger partial charge in [0.1, 0.15) is 35.9 Å². The molecule has 0 saturated heterocycles. The third kappa shape index (κ3) is 5.97. The van der Waals surface area contributed by atoms with Crippen LogP contribution in [0.4, 0.5) is 0 Å². The fourth-order valence-electron chi connectivity index (χ4n) is 4.03. The van der Waals surface area contributed by atoms with Crippen LogP contribution in [0, 0.1) is 6.92 Å². The zero-order chi connectivity index (χ0) is 22.2. The van der Waals surface area contributed by atoms with Gasteiger partial charge in [-0.05, 0) is 49.7 Å². The minimum absolute atomic E-state index is 0. The molecular formula is C27H27BrNO2PS. The molecule has 3 aromatic carbocycles. The van der Waals surface area contributed by atoms with E-state index in [1.54, 1.807) is 11.3 Å². The summed E-state index contributed by atoms with van der Waals surface area (Å²) in [6, 6.07) is 32.0. The largest absolute Gasteiger partial charge is 1.00 e. The first-order valence-electron chi connectivity index (χ1n) is 10.8. The highest BCUT2D eigenvalue weighted by Crippen LogP contribution is 2.54. The lowest BCUT2D eigenvalue weighted by atomic mass is 10.2. The molecular weight excluding hydrogens is 513 g/mol. The molecule has 0 saturated carbocycles. The topological polar surface area (TPSA) is 39.2 Å². The van der Waals surface area contributed by atoms with Gasteiger partial charge in [0.15, 0.2) is 0 Å². The molecule has 0 N–H and O–H groups in total. The van der Waals surface area contributed by atoms with Gasteiger partial charge in [0.2, 0.25) is 0 Å². The normalized spacial score (nSPS) is 10.9. The van der Waals surface area contributed by atoms with E-state index in [1.807, 2.05) is 12.4 Å². The second kappa shape index (κ2) is 12.2. The summed E-state index contributed by atoms with van der Waals surface area (Å²) >= 11 is 1.60. The van der Waals surface area contributed by atoms with Crippen LogP contribution in [-0.2, 0) is 16.0 Å². The molecule has 0 aliphatic rings. The number of nitrogens with zero attached hydrogens (tertiary/aromatic N) is 1. The smallest absolute Gasteiger partial charge is 0.306 e. The summed E-state index contributed by atoms with van der Waals surface area (Å²) in [6.45, 7) is 2.38. The van der Waals surface area contributed by atoms with Gasteiger partial charge in [-0.1, -0.05) is 54.6 Å². The minimum atomic E-state index is -1.97. The van der Waals surface area contributed by atoms with Gasteiger partial charge in [-0.25, -0.2) is 4.98 Å². The number of hydrogen-bond donors (Lipinski definition) is 0. The van der Waals surface area contributed by atoms with E-state index in [4.69, 9.17) is 4.74 Å². The number of carbonyl (C=O) groups is 1. The molecule has 1 aromatic heterocycles. The molecule has 3 nitrogen and oxygen atoms in total. The number of thiazole rings is 1. The molecule has 0 bridgehead atoms. The predicted molar refractivity (Wildman–Crippen MR) is 136 cm³/mol. The number of halogens is 1. The van der Waals surface area contributed by atoms with Gasteiger partial charge in [0.25, 0.3) is 0 Å². The molecule has 0 fully saturated rings. The first-order chi connectivity index (χ1) is 15.7. The Bertz CT molecular complexity index is 1040. The Labute approximate surface area is 211 Å². The van der Waals surface area contributed by atoms with Crippen molar-refractivity contribution in [3.05, 3.63) is 107 Å². The van der Waals surface area contributed by atoms with E-state index >= 15 is 0 Å². The Morgan fingerprint density at radius 1 is 0.848 bits per heavy atom. The number of rotatable bonds is 9. The highest BCUT2D eigenvalue weighted by Gasteiger charge is 2.45. The minimum Gasteiger partial charge on any atom is -1.00 e. The SMILES string of the molecule is Cc1ncsc1CCC(=O)OCC[P+](c1ccccc1)(c1ccccc1)c1ccccc1.[Br-]. The van der Waals surface area contributed by atoms with E-state index in [0.717, 1.165) is 16.7 Å². The Balaban J connectivity index is 0.00000306. The zero-order valence-electron chi connectivity index (χ0n) is 18.6. The third-order valence-electron chi connectivity index (χ3n) is 5.68. The van der Waals surface area contributed by atoms with E-state index in [2.05, 4.69) is 96.0 Å². The second-order valence-electron chi connectivity index (χ2n) is 7.62. The summed E-state index contributed by atoms with van der Waals surface area (Å²) < 4.78 is 5.77. The number of aryl methyl sites for hydroxylation is 2. The highest BCUT2D eigenvalue weighted by atomic mass is 79.9. The molecule has 0 aliphatic carbocycles. The lowest BCUT2D eigenvalue weighted by molar-refractivity contribution is -0.142. The van der Waals surface area contributed by atoms with Crippen LogP contribution in [0.15, 0.2) is 96.5 Å². The first-order valence-corrected chi connectivity index (χ1v) is 13.6. The van der Waals surface area contributed by atoms with Crippen molar-refractivity contribution < 1.29 is 26.5 Å². The summed E-state index contributed by atoms with van der Waals surface area (Å²) in [6.07, 6.45) is 1.85. The van der Waals surface area contributed by atoms with Crippen molar-refractivity contribution >= 4 is 40.5 Å². The molecule has 1 heterocycles. The van der Waals surface area contributed by atoms with Gasteiger partial charge >= 0.3 is 5.97 Å². The van der Waals surface area contributed by atoms with E-state index in [1.165, 1.54) is 15.9 Å². The summed E-state index contributed by atoms with van der Waals surface area (Å²) in [7, 11) is -1.97. The third-order valence-corrected chi connectivity index (χ3v) is 11.1. The standard InChI is InChI=1S/C27H27NO2PS.BrH/c1-22-26(32-21-28-22)17-18-27(29)30-19-20-31(23-11-5-2-6-12-23,24-13-7-3-8-14-24)25-15-9-4-10-16-25;/h2-16,21H,17-20H2,1H3;1H/q+1;/p-1. The van der Waals surface area contributed by atoms with Crippen LogP contribution < -0.4 is 32.9 Å². The maximum atomic E-state index is 12.5. The molecule has 6 heteroatoms. The van der Waals surface area contributed by atoms with Crippen molar-refractivity contribution in [2.24, 2.45) is 0 Å². The van der Waals surface area contributed by atoms with Gasteiger partial charge in [-0.15, -0.1) is 11.3 Å². The molecule has 0 unspecified atom stereocenters. The van der Waals surface area contributed by atoms with Crippen molar-refractivity contribution in [2.75, 3.05) is 12.8 Å². The van der Waals surface area contributed by atoms with E-state index in [-0.39, 0.29) is 23.0 Å². The monoisotopic (exact) mass is 539 g/mol.